The van der Waals surface area contributed by atoms with E-state index in [4.69, 9.17) is 4.74 Å². The van der Waals surface area contributed by atoms with Crippen LogP contribution in [-0.2, 0) is 14.3 Å². The standard InChI is InChI=1S/C13H16N2O3/c1-10(16)18-13(2)9-15(14(3)12(13)17)11-7-5-4-6-8-11/h4-8H,9H2,1-3H3. The van der Waals surface area contributed by atoms with E-state index in [-0.39, 0.29) is 5.91 Å². The average Bonchev–Trinajstić information content (AvgIpc) is 2.54. The van der Waals surface area contributed by atoms with Gasteiger partial charge in [-0.15, -0.1) is 0 Å². The zero-order chi connectivity index (χ0) is 13.3. The van der Waals surface area contributed by atoms with E-state index < -0.39 is 11.6 Å². The summed E-state index contributed by atoms with van der Waals surface area (Å²) in [6.45, 7) is 3.27. The maximum absolute atomic E-state index is 12.2. The third kappa shape index (κ3) is 2.03. The van der Waals surface area contributed by atoms with Crippen molar-refractivity contribution in [3.05, 3.63) is 30.3 Å². The molecule has 1 unspecified atom stereocenters. The topological polar surface area (TPSA) is 49.9 Å². The number of hydrazine groups is 1. The minimum absolute atomic E-state index is 0.221. The van der Waals surface area contributed by atoms with Gasteiger partial charge in [-0.05, 0) is 19.1 Å². The SMILES string of the molecule is CC(=O)OC1(C)CN(c2ccccc2)N(C)C1=O. The quantitative estimate of drug-likeness (QED) is 0.738. The Morgan fingerprint density at radius 2 is 1.94 bits per heavy atom. The molecule has 1 aliphatic rings. The van der Waals surface area contributed by atoms with Crippen LogP contribution in [0.4, 0.5) is 5.69 Å². The first-order valence-electron chi connectivity index (χ1n) is 5.74. The second-order valence-electron chi connectivity index (χ2n) is 4.55. The van der Waals surface area contributed by atoms with E-state index in [2.05, 4.69) is 0 Å². The van der Waals surface area contributed by atoms with Crippen LogP contribution in [0, 0.1) is 0 Å². The molecule has 0 radical (unpaired) electrons. The van der Waals surface area contributed by atoms with E-state index in [9.17, 15) is 9.59 Å². The molecule has 1 aromatic rings. The molecule has 0 aromatic heterocycles. The molecule has 1 fully saturated rings. The molecule has 1 aliphatic heterocycles. The number of hydrogen-bond acceptors (Lipinski definition) is 4. The van der Waals surface area contributed by atoms with E-state index in [0.717, 1.165) is 5.69 Å². The van der Waals surface area contributed by atoms with Gasteiger partial charge in [0.1, 0.15) is 0 Å². The minimum Gasteiger partial charge on any atom is -0.447 e. The van der Waals surface area contributed by atoms with Crippen molar-refractivity contribution < 1.29 is 14.3 Å². The molecule has 0 aliphatic carbocycles. The molecule has 2 rings (SSSR count). The average molecular weight is 248 g/mol. The number of carbonyl (C=O) groups excluding carboxylic acids is 2. The third-order valence-electron chi connectivity index (χ3n) is 2.98. The largest absolute Gasteiger partial charge is 0.447 e. The number of ether oxygens (including phenoxy) is 1. The van der Waals surface area contributed by atoms with Crippen molar-refractivity contribution >= 4 is 17.6 Å². The van der Waals surface area contributed by atoms with Crippen molar-refractivity contribution in [3.63, 3.8) is 0 Å². The lowest BCUT2D eigenvalue weighted by Crippen LogP contribution is -2.41. The Morgan fingerprint density at radius 1 is 1.33 bits per heavy atom. The van der Waals surface area contributed by atoms with Crippen molar-refractivity contribution in [3.8, 4) is 0 Å². The molecule has 5 nitrogen and oxygen atoms in total. The fourth-order valence-corrected chi connectivity index (χ4v) is 2.17. The Kier molecular flexibility index (Phi) is 2.98. The molecule has 1 aromatic carbocycles. The summed E-state index contributed by atoms with van der Waals surface area (Å²) in [5.41, 5.74) is -0.222. The summed E-state index contributed by atoms with van der Waals surface area (Å²) in [5.74, 6) is -0.671. The Morgan fingerprint density at radius 3 is 2.50 bits per heavy atom. The zero-order valence-electron chi connectivity index (χ0n) is 10.7. The highest BCUT2D eigenvalue weighted by Crippen LogP contribution is 2.29. The van der Waals surface area contributed by atoms with Crippen LogP contribution in [-0.4, -0.2) is 36.1 Å². The molecule has 1 saturated heterocycles. The second-order valence-corrected chi connectivity index (χ2v) is 4.55. The van der Waals surface area contributed by atoms with E-state index >= 15 is 0 Å². The van der Waals surface area contributed by atoms with Crippen LogP contribution in [0.1, 0.15) is 13.8 Å². The van der Waals surface area contributed by atoms with Gasteiger partial charge in [0.2, 0.25) is 5.60 Å². The van der Waals surface area contributed by atoms with Crippen LogP contribution < -0.4 is 5.01 Å². The van der Waals surface area contributed by atoms with Crippen LogP contribution in [0.15, 0.2) is 30.3 Å². The van der Waals surface area contributed by atoms with Crippen LogP contribution in [0.3, 0.4) is 0 Å². The molecule has 1 atom stereocenters. The summed E-state index contributed by atoms with van der Waals surface area (Å²) >= 11 is 0. The first-order chi connectivity index (χ1) is 8.44. The fourth-order valence-electron chi connectivity index (χ4n) is 2.17. The van der Waals surface area contributed by atoms with Gasteiger partial charge >= 0.3 is 5.97 Å². The molecule has 1 amide bonds. The number of nitrogens with zero attached hydrogens (tertiary/aromatic N) is 2. The number of amides is 1. The number of hydrogen-bond donors (Lipinski definition) is 0. The highest BCUT2D eigenvalue weighted by atomic mass is 16.6. The molecule has 0 bridgehead atoms. The molecule has 5 heteroatoms. The number of esters is 1. The van der Waals surface area contributed by atoms with Gasteiger partial charge < -0.3 is 4.74 Å². The van der Waals surface area contributed by atoms with E-state index in [1.807, 2.05) is 30.3 Å². The molecule has 96 valence electrons. The predicted octanol–water partition coefficient (Wildman–Crippen LogP) is 1.20. The van der Waals surface area contributed by atoms with Gasteiger partial charge in [0.15, 0.2) is 0 Å². The summed E-state index contributed by atoms with van der Waals surface area (Å²) in [7, 11) is 1.67. The Hall–Kier alpha value is -2.04. The summed E-state index contributed by atoms with van der Waals surface area (Å²) in [4.78, 5) is 23.2. The number of benzene rings is 1. The molecule has 0 spiro atoms. The summed E-state index contributed by atoms with van der Waals surface area (Å²) in [6.07, 6.45) is 0. The van der Waals surface area contributed by atoms with Gasteiger partial charge in [-0.1, -0.05) is 18.2 Å². The molecule has 18 heavy (non-hydrogen) atoms. The van der Waals surface area contributed by atoms with Gasteiger partial charge in [0, 0.05) is 14.0 Å². The summed E-state index contributed by atoms with van der Waals surface area (Å²) in [5, 5.41) is 3.28. The number of para-hydroxylation sites is 1. The number of anilines is 1. The Labute approximate surface area is 106 Å². The van der Waals surface area contributed by atoms with Crippen molar-refractivity contribution in [2.45, 2.75) is 19.4 Å². The molecule has 0 N–H and O–H groups in total. The van der Waals surface area contributed by atoms with Crippen LogP contribution in [0.5, 0.6) is 0 Å². The summed E-state index contributed by atoms with van der Waals surface area (Å²) in [6, 6.07) is 9.52. The van der Waals surface area contributed by atoms with Gasteiger partial charge in [0.05, 0.1) is 12.2 Å². The number of rotatable bonds is 2. The maximum atomic E-state index is 12.2. The van der Waals surface area contributed by atoms with Crippen LogP contribution >= 0.6 is 0 Å². The fraction of sp³-hybridized carbons (Fsp3) is 0.385. The normalized spacial score (nSPS) is 23.4. The van der Waals surface area contributed by atoms with Gasteiger partial charge in [-0.2, -0.15) is 0 Å². The number of carbonyl (C=O) groups is 2. The highest BCUT2D eigenvalue weighted by Gasteiger charge is 2.49. The lowest BCUT2D eigenvalue weighted by molar-refractivity contribution is -0.163. The molecular formula is C13H16N2O3. The lowest BCUT2D eigenvalue weighted by atomic mass is 10.1. The van der Waals surface area contributed by atoms with Crippen LogP contribution in [0.25, 0.3) is 0 Å². The van der Waals surface area contributed by atoms with Crippen LogP contribution in [0.2, 0.25) is 0 Å². The lowest BCUT2D eigenvalue weighted by Gasteiger charge is -2.25. The van der Waals surface area contributed by atoms with E-state index in [0.29, 0.717) is 6.54 Å². The second kappa shape index (κ2) is 4.33. The number of likely N-dealkylation sites (N-methyl/N-ethyl adjacent to an activating group) is 1. The van der Waals surface area contributed by atoms with Crippen molar-refractivity contribution in [2.24, 2.45) is 0 Å². The van der Waals surface area contributed by atoms with Crippen molar-refractivity contribution in [1.29, 1.82) is 0 Å². The van der Waals surface area contributed by atoms with E-state index in [1.165, 1.54) is 11.9 Å². The third-order valence-corrected chi connectivity index (χ3v) is 2.98. The minimum atomic E-state index is -1.11. The monoisotopic (exact) mass is 248 g/mol. The van der Waals surface area contributed by atoms with Gasteiger partial charge in [-0.3, -0.25) is 19.6 Å². The predicted molar refractivity (Wildman–Crippen MR) is 66.7 cm³/mol. The maximum Gasteiger partial charge on any atom is 0.303 e. The highest BCUT2D eigenvalue weighted by molar-refractivity contribution is 5.91. The smallest absolute Gasteiger partial charge is 0.303 e. The molecule has 1 heterocycles. The Balaban J connectivity index is 2.27. The molecular weight excluding hydrogens is 232 g/mol. The van der Waals surface area contributed by atoms with Gasteiger partial charge in [-0.25, -0.2) is 0 Å². The van der Waals surface area contributed by atoms with Crippen molar-refractivity contribution in [2.75, 3.05) is 18.6 Å². The van der Waals surface area contributed by atoms with E-state index in [1.54, 1.807) is 19.0 Å². The Bertz CT molecular complexity index is 474. The first-order valence-corrected chi connectivity index (χ1v) is 5.74. The molecule has 0 saturated carbocycles. The summed E-state index contributed by atoms with van der Waals surface area (Å²) < 4.78 is 5.16. The van der Waals surface area contributed by atoms with Crippen molar-refractivity contribution in [1.82, 2.24) is 5.01 Å². The first kappa shape index (κ1) is 12.4. The zero-order valence-corrected chi connectivity index (χ0v) is 10.7. The van der Waals surface area contributed by atoms with Gasteiger partial charge in [0.25, 0.3) is 5.91 Å².